The fourth-order valence-corrected chi connectivity index (χ4v) is 4.64. The molecule has 0 radical (unpaired) electrons. The van der Waals surface area contributed by atoms with E-state index in [-0.39, 0.29) is 5.95 Å². The predicted molar refractivity (Wildman–Crippen MR) is 139 cm³/mol. The van der Waals surface area contributed by atoms with Crippen molar-refractivity contribution in [1.29, 1.82) is 0 Å². The summed E-state index contributed by atoms with van der Waals surface area (Å²) < 4.78 is 8.87. The molecule has 1 saturated heterocycles. The van der Waals surface area contributed by atoms with Crippen LogP contribution in [0.3, 0.4) is 0 Å². The number of nitrogens with zero attached hydrogens (tertiary/aromatic N) is 9. The molecule has 1 aromatic carbocycles. The summed E-state index contributed by atoms with van der Waals surface area (Å²) in [4.78, 5) is 18.4. The Balaban J connectivity index is 1.13. The van der Waals surface area contributed by atoms with Crippen LogP contribution in [-0.4, -0.2) is 79.7 Å². The minimum absolute atomic E-state index is 0.268. The van der Waals surface area contributed by atoms with Gasteiger partial charge in [-0.25, -0.2) is 9.67 Å². The van der Waals surface area contributed by atoms with Crippen LogP contribution in [0, 0.1) is 0 Å². The number of benzene rings is 1. The van der Waals surface area contributed by atoms with Crippen LogP contribution in [0.25, 0.3) is 28.3 Å². The van der Waals surface area contributed by atoms with Crippen LogP contribution >= 0.6 is 0 Å². The number of piperazine rings is 1. The van der Waals surface area contributed by atoms with Crippen molar-refractivity contribution in [3.05, 3.63) is 54.4 Å². The standard InChI is InChI=1S/C25H28N10O/c1-17(27-2)18-5-7-19(8-6-18)33-12-9-32(10-13-33)11-14-34-23-20(16-28-34)24-29-22(21-4-3-15-36-21)31-35(24)25(26)30-23/h3-8,15-16H,9-14H2,1-2H3,(H2,26,30)/b27-17+. The van der Waals surface area contributed by atoms with E-state index in [1.54, 1.807) is 18.5 Å². The molecule has 0 atom stereocenters. The van der Waals surface area contributed by atoms with Gasteiger partial charge in [0.25, 0.3) is 0 Å². The fraction of sp³-hybridized carbons (Fsp3) is 0.320. The molecule has 0 unspecified atom stereocenters. The summed E-state index contributed by atoms with van der Waals surface area (Å²) in [6.45, 7) is 7.60. The van der Waals surface area contributed by atoms with Gasteiger partial charge in [-0.15, -0.1) is 5.10 Å². The van der Waals surface area contributed by atoms with Gasteiger partial charge in [0.05, 0.1) is 24.4 Å². The van der Waals surface area contributed by atoms with Crippen LogP contribution in [0.15, 0.2) is 58.3 Å². The van der Waals surface area contributed by atoms with Crippen LogP contribution in [0.5, 0.6) is 0 Å². The summed E-state index contributed by atoms with van der Waals surface area (Å²) in [6.07, 6.45) is 3.37. The maximum absolute atomic E-state index is 6.22. The Bertz CT molecular complexity index is 1520. The van der Waals surface area contributed by atoms with Crippen LogP contribution in [0.4, 0.5) is 11.6 Å². The second-order valence-electron chi connectivity index (χ2n) is 8.91. The van der Waals surface area contributed by atoms with E-state index in [4.69, 9.17) is 10.2 Å². The molecule has 0 amide bonds. The lowest BCUT2D eigenvalue weighted by atomic mass is 10.1. The minimum Gasteiger partial charge on any atom is -0.461 e. The van der Waals surface area contributed by atoms with Crippen molar-refractivity contribution in [2.75, 3.05) is 50.4 Å². The Hall–Kier alpha value is -4.25. The van der Waals surface area contributed by atoms with Crippen molar-refractivity contribution in [1.82, 2.24) is 34.3 Å². The van der Waals surface area contributed by atoms with E-state index in [2.05, 4.69) is 59.2 Å². The molecule has 11 heteroatoms. The highest BCUT2D eigenvalue weighted by atomic mass is 16.3. The molecule has 0 bridgehead atoms. The zero-order chi connectivity index (χ0) is 24.6. The SMILES string of the molecule is C/N=C(\C)c1ccc(N2CCN(CCn3ncc4c3nc(N)n3nc(-c5ccco5)nc43)CC2)cc1. The first-order valence-electron chi connectivity index (χ1n) is 12.0. The van der Waals surface area contributed by atoms with Crippen molar-refractivity contribution in [2.45, 2.75) is 13.5 Å². The quantitative estimate of drug-likeness (QED) is 0.365. The van der Waals surface area contributed by atoms with Gasteiger partial charge in [-0.2, -0.15) is 14.6 Å². The molecule has 6 rings (SSSR count). The topological polar surface area (TPSA) is 119 Å². The molecule has 5 aromatic rings. The Morgan fingerprint density at radius 2 is 1.83 bits per heavy atom. The van der Waals surface area contributed by atoms with E-state index in [0.717, 1.165) is 50.4 Å². The Kier molecular flexibility index (Phi) is 5.61. The van der Waals surface area contributed by atoms with E-state index in [1.807, 2.05) is 24.7 Å². The number of nitrogen functional groups attached to an aromatic ring is 1. The first kappa shape index (κ1) is 22.2. The van der Waals surface area contributed by atoms with Gasteiger partial charge in [-0.05, 0) is 36.8 Å². The zero-order valence-corrected chi connectivity index (χ0v) is 20.4. The number of aromatic nitrogens is 6. The molecule has 5 heterocycles. The van der Waals surface area contributed by atoms with Gasteiger partial charge < -0.3 is 15.1 Å². The summed E-state index contributed by atoms with van der Waals surface area (Å²) in [5.41, 5.74) is 11.0. The Morgan fingerprint density at radius 3 is 2.56 bits per heavy atom. The summed E-state index contributed by atoms with van der Waals surface area (Å²) in [5.74, 6) is 1.32. The van der Waals surface area contributed by atoms with Crippen LogP contribution in [0.1, 0.15) is 12.5 Å². The number of furan rings is 1. The van der Waals surface area contributed by atoms with E-state index >= 15 is 0 Å². The van der Waals surface area contributed by atoms with Gasteiger partial charge in [-0.3, -0.25) is 9.89 Å². The van der Waals surface area contributed by atoms with E-state index in [1.165, 1.54) is 15.8 Å². The molecule has 1 aliphatic heterocycles. The smallest absolute Gasteiger partial charge is 0.225 e. The summed E-state index contributed by atoms with van der Waals surface area (Å²) in [7, 11) is 1.83. The van der Waals surface area contributed by atoms with E-state index in [9.17, 15) is 0 Å². The summed E-state index contributed by atoms with van der Waals surface area (Å²) in [6, 6.07) is 12.3. The summed E-state index contributed by atoms with van der Waals surface area (Å²) in [5, 5.41) is 9.85. The predicted octanol–water partition coefficient (Wildman–Crippen LogP) is 2.58. The van der Waals surface area contributed by atoms with Gasteiger partial charge in [0.15, 0.2) is 17.1 Å². The average Bonchev–Trinajstić information content (AvgIpc) is 3.67. The van der Waals surface area contributed by atoms with Gasteiger partial charge in [0.1, 0.15) is 0 Å². The number of aliphatic imine (C=N–C) groups is 1. The number of anilines is 2. The monoisotopic (exact) mass is 484 g/mol. The summed E-state index contributed by atoms with van der Waals surface area (Å²) >= 11 is 0. The van der Waals surface area contributed by atoms with Crippen LogP contribution in [0.2, 0.25) is 0 Å². The number of hydrogen-bond donors (Lipinski definition) is 1. The molecule has 1 fully saturated rings. The van der Waals surface area contributed by atoms with E-state index in [0.29, 0.717) is 22.9 Å². The lowest BCUT2D eigenvalue weighted by molar-refractivity contribution is 0.245. The highest BCUT2D eigenvalue weighted by Crippen LogP contribution is 2.24. The first-order chi connectivity index (χ1) is 17.6. The van der Waals surface area contributed by atoms with Gasteiger partial charge in [0.2, 0.25) is 11.8 Å². The number of hydrogen-bond acceptors (Lipinski definition) is 9. The van der Waals surface area contributed by atoms with Crippen LogP contribution in [-0.2, 0) is 6.54 Å². The molecule has 4 aromatic heterocycles. The lowest BCUT2D eigenvalue weighted by Gasteiger charge is -2.36. The number of fused-ring (bicyclic) bond motifs is 3. The molecule has 2 N–H and O–H groups in total. The number of rotatable bonds is 6. The average molecular weight is 485 g/mol. The van der Waals surface area contributed by atoms with Crippen molar-refractivity contribution in [3.63, 3.8) is 0 Å². The highest BCUT2D eigenvalue weighted by molar-refractivity contribution is 5.98. The number of nitrogens with two attached hydrogens (primary N) is 1. The molecule has 1 aliphatic rings. The van der Waals surface area contributed by atoms with E-state index < -0.39 is 0 Å². The van der Waals surface area contributed by atoms with Gasteiger partial charge >= 0.3 is 0 Å². The fourth-order valence-electron chi connectivity index (χ4n) is 4.64. The van der Waals surface area contributed by atoms with Crippen molar-refractivity contribution < 1.29 is 4.42 Å². The highest BCUT2D eigenvalue weighted by Gasteiger charge is 2.20. The molecular formula is C25H28N10O. The molecule has 11 nitrogen and oxygen atoms in total. The lowest BCUT2D eigenvalue weighted by Crippen LogP contribution is -2.47. The zero-order valence-electron chi connectivity index (χ0n) is 20.4. The normalized spacial score (nSPS) is 15.4. The second-order valence-corrected chi connectivity index (χ2v) is 8.91. The molecule has 0 spiro atoms. The van der Waals surface area contributed by atoms with Gasteiger partial charge in [-0.1, -0.05) is 12.1 Å². The van der Waals surface area contributed by atoms with Crippen molar-refractivity contribution >= 4 is 34.0 Å². The maximum atomic E-state index is 6.22. The van der Waals surface area contributed by atoms with Crippen molar-refractivity contribution in [2.24, 2.45) is 4.99 Å². The Labute approximate surface area is 207 Å². The molecule has 0 aliphatic carbocycles. The third kappa shape index (κ3) is 3.97. The molecule has 184 valence electrons. The third-order valence-corrected chi connectivity index (χ3v) is 6.82. The Morgan fingerprint density at radius 1 is 1.03 bits per heavy atom. The van der Waals surface area contributed by atoms with Gasteiger partial charge in [0, 0.05) is 51.2 Å². The largest absolute Gasteiger partial charge is 0.461 e. The molecular weight excluding hydrogens is 456 g/mol. The first-order valence-corrected chi connectivity index (χ1v) is 12.0. The molecule has 36 heavy (non-hydrogen) atoms. The van der Waals surface area contributed by atoms with Crippen molar-refractivity contribution in [3.8, 4) is 11.6 Å². The third-order valence-electron chi connectivity index (χ3n) is 6.82. The van der Waals surface area contributed by atoms with Crippen LogP contribution < -0.4 is 10.6 Å². The minimum atomic E-state index is 0.268. The second kappa shape index (κ2) is 9.08. The molecule has 0 saturated carbocycles. The maximum Gasteiger partial charge on any atom is 0.225 e.